The van der Waals surface area contributed by atoms with Crippen LogP contribution in [0.25, 0.3) is 0 Å². The quantitative estimate of drug-likeness (QED) is 0.304. The van der Waals surface area contributed by atoms with Crippen molar-refractivity contribution in [2.24, 2.45) is 4.99 Å². The van der Waals surface area contributed by atoms with Gasteiger partial charge < -0.3 is 20.3 Å². The Morgan fingerprint density at radius 1 is 1.30 bits per heavy atom. The van der Waals surface area contributed by atoms with E-state index in [-0.39, 0.29) is 29.8 Å². The number of nitro groups is 1. The van der Waals surface area contributed by atoms with Gasteiger partial charge in [-0.1, -0.05) is 12.1 Å². The molecule has 0 spiro atoms. The molecule has 0 aliphatic carbocycles. The molecule has 1 aromatic rings. The first-order valence-corrected chi connectivity index (χ1v) is 10.3. The highest BCUT2D eigenvalue weighted by Gasteiger charge is 2.19. The number of benzene rings is 1. The van der Waals surface area contributed by atoms with Crippen molar-refractivity contribution in [3.63, 3.8) is 0 Å². The molecule has 1 amide bonds. The average molecular weight is 420 g/mol. The maximum Gasteiger partial charge on any atom is 0.269 e. The highest BCUT2D eigenvalue weighted by atomic mass is 16.6. The Balaban J connectivity index is 2.05. The number of non-ortho nitro benzene ring substituents is 1. The third-order valence-electron chi connectivity index (χ3n) is 4.58. The van der Waals surface area contributed by atoms with Gasteiger partial charge in [0.2, 0.25) is 5.91 Å². The van der Waals surface area contributed by atoms with Gasteiger partial charge >= 0.3 is 0 Å². The number of nitrogens with one attached hydrogen (secondary N) is 2. The van der Waals surface area contributed by atoms with Gasteiger partial charge in [0, 0.05) is 37.9 Å². The molecule has 30 heavy (non-hydrogen) atoms. The molecular weight excluding hydrogens is 386 g/mol. The summed E-state index contributed by atoms with van der Waals surface area (Å²) in [4.78, 5) is 29.1. The summed E-state index contributed by atoms with van der Waals surface area (Å²) in [6, 6.07) is 6.31. The van der Waals surface area contributed by atoms with Crippen molar-refractivity contribution in [2.45, 2.75) is 58.2 Å². The van der Waals surface area contributed by atoms with Crippen LogP contribution in [-0.2, 0) is 16.1 Å². The fourth-order valence-corrected chi connectivity index (χ4v) is 3.12. The van der Waals surface area contributed by atoms with Crippen LogP contribution >= 0.6 is 0 Å². The van der Waals surface area contributed by atoms with E-state index < -0.39 is 4.92 Å². The van der Waals surface area contributed by atoms with Gasteiger partial charge in [-0.05, 0) is 45.6 Å². The highest BCUT2D eigenvalue weighted by Crippen LogP contribution is 2.13. The fourth-order valence-electron chi connectivity index (χ4n) is 3.12. The third-order valence-corrected chi connectivity index (χ3v) is 4.58. The van der Waals surface area contributed by atoms with Crippen molar-refractivity contribution in [3.8, 4) is 0 Å². The van der Waals surface area contributed by atoms with Crippen molar-refractivity contribution >= 4 is 17.6 Å². The third kappa shape index (κ3) is 8.36. The first kappa shape index (κ1) is 23.6. The lowest BCUT2D eigenvalue weighted by Gasteiger charge is -2.28. The minimum Gasteiger partial charge on any atom is -0.376 e. The second kappa shape index (κ2) is 10.9. The SMILES string of the molecule is CN(CC(=O)NC(C)(C)C)C(=NCc1ccc([N+](=O)[O-])cc1)NCC1CCCCO1. The predicted molar refractivity (Wildman–Crippen MR) is 116 cm³/mol. The van der Waals surface area contributed by atoms with E-state index in [1.165, 1.54) is 12.1 Å². The number of carbonyl (C=O) groups excluding carboxylic acids is 1. The van der Waals surface area contributed by atoms with E-state index in [1.807, 2.05) is 27.8 Å². The van der Waals surface area contributed by atoms with Gasteiger partial charge in [0.15, 0.2) is 5.96 Å². The molecule has 0 bridgehead atoms. The van der Waals surface area contributed by atoms with E-state index in [0.29, 0.717) is 19.0 Å². The van der Waals surface area contributed by atoms with Crippen LogP contribution in [0.15, 0.2) is 29.3 Å². The summed E-state index contributed by atoms with van der Waals surface area (Å²) in [5.41, 5.74) is 0.588. The highest BCUT2D eigenvalue weighted by molar-refractivity contribution is 5.86. The van der Waals surface area contributed by atoms with E-state index in [0.717, 1.165) is 31.4 Å². The van der Waals surface area contributed by atoms with Crippen molar-refractivity contribution in [1.82, 2.24) is 15.5 Å². The standard InChI is InChI=1S/C21H33N5O4/c1-21(2,3)24-19(27)15-25(4)20(23-14-18-7-5-6-12-30-18)22-13-16-8-10-17(11-9-16)26(28)29/h8-11,18H,5-7,12-15H2,1-4H3,(H,22,23)(H,24,27). The minimum atomic E-state index is -0.425. The molecular formula is C21H33N5O4. The zero-order valence-electron chi connectivity index (χ0n) is 18.3. The zero-order valence-corrected chi connectivity index (χ0v) is 18.3. The molecule has 1 aliphatic rings. The monoisotopic (exact) mass is 419 g/mol. The van der Waals surface area contributed by atoms with E-state index in [2.05, 4.69) is 15.6 Å². The number of aliphatic imine (C=N–C) groups is 1. The number of carbonyl (C=O) groups is 1. The van der Waals surface area contributed by atoms with Crippen LogP contribution in [0.2, 0.25) is 0 Å². The average Bonchev–Trinajstić information content (AvgIpc) is 2.67. The molecule has 9 nitrogen and oxygen atoms in total. The number of nitro benzene ring substituents is 1. The lowest BCUT2D eigenvalue weighted by molar-refractivity contribution is -0.384. The summed E-state index contributed by atoms with van der Waals surface area (Å²) in [7, 11) is 1.81. The molecule has 2 N–H and O–H groups in total. The second-order valence-corrected chi connectivity index (χ2v) is 8.59. The molecule has 1 unspecified atom stereocenters. The van der Waals surface area contributed by atoms with Crippen molar-refractivity contribution < 1.29 is 14.5 Å². The van der Waals surface area contributed by atoms with Gasteiger partial charge in [-0.15, -0.1) is 0 Å². The van der Waals surface area contributed by atoms with Crippen LogP contribution in [0.5, 0.6) is 0 Å². The number of amides is 1. The number of guanidine groups is 1. The van der Waals surface area contributed by atoms with Crippen LogP contribution in [0.1, 0.15) is 45.6 Å². The zero-order chi connectivity index (χ0) is 22.1. The fraction of sp³-hybridized carbons (Fsp3) is 0.619. The summed E-state index contributed by atoms with van der Waals surface area (Å²) in [6.07, 6.45) is 3.35. The van der Waals surface area contributed by atoms with Crippen LogP contribution in [0.4, 0.5) is 5.69 Å². The Hall–Kier alpha value is -2.68. The molecule has 0 radical (unpaired) electrons. The Bertz CT molecular complexity index is 737. The maximum absolute atomic E-state index is 12.3. The largest absolute Gasteiger partial charge is 0.376 e. The number of rotatable bonds is 7. The van der Waals surface area contributed by atoms with E-state index in [4.69, 9.17) is 4.74 Å². The Kier molecular flexibility index (Phi) is 8.58. The summed E-state index contributed by atoms with van der Waals surface area (Å²) < 4.78 is 5.77. The number of nitrogens with zero attached hydrogens (tertiary/aromatic N) is 3. The molecule has 1 aliphatic heterocycles. The van der Waals surface area contributed by atoms with Crippen LogP contribution in [-0.4, -0.2) is 60.1 Å². The van der Waals surface area contributed by atoms with Crippen molar-refractivity contribution in [3.05, 3.63) is 39.9 Å². The van der Waals surface area contributed by atoms with E-state index in [9.17, 15) is 14.9 Å². The Morgan fingerprint density at radius 2 is 2.00 bits per heavy atom. The first-order chi connectivity index (χ1) is 14.1. The van der Waals surface area contributed by atoms with Crippen molar-refractivity contribution in [1.29, 1.82) is 0 Å². The van der Waals surface area contributed by atoms with E-state index in [1.54, 1.807) is 17.0 Å². The molecule has 0 saturated carbocycles. The minimum absolute atomic E-state index is 0.0477. The lowest BCUT2D eigenvalue weighted by atomic mass is 10.1. The molecule has 2 rings (SSSR count). The Morgan fingerprint density at radius 3 is 2.57 bits per heavy atom. The lowest BCUT2D eigenvalue weighted by Crippen LogP contribution is -2.50. The topological polar surface area (TPSA) is 109 Å². The number of hydrogen-bond donors (Lipinski definition) is 2. The van der Waals surface area contributed by atoms with Gasteiger partial charge in [0.25, 0.3) is 5.69 Å². The molecule has 9 heteroatoms. The smallest absolute Gasteiger partial charge is 0.269 e. The molecule has 1 aromatic carbocycles. The summed E-state index contributed by atoms with van der Waals surface area (Å²) in [6.45, 7) is 7.70. The number of ether oxygens (including phenoxy) is 1. The first-order valence-electron chi connectivity index (χ1n) is 10.3. The molecule has 1 heterocycles. The van der Waals surface area contributed by atoms with Gasteiger partial charge in [0.05, 0.1) is 24.1 Å². The molecule has 1 saturated heterocycles. The Labute approximate surface area is 178 Å². The number of hydrogen-bond acceptors (Lipinski definition) is 5. The van der Waals surface area contributed by atoms with Gasteiger partial charge in [-0.2, -0.15) is 0 Å². The summed E-state index contributed by atoms with van der Waals surface area (Å²) in [5, 5.41) is 17.1. The van der Waals surface area contributed by atoms with Crippen LogP contribution in [0, 0.1) is 10.1 Å². The molecule has 166 valence electrons. The van der Waals surface area contributed by atoms with Gasteiger partial charge in [-0.25, -0.2) is 4.99 Å². The van der Waals surface area contributed by atoms with Gasteiger partial charge in [0.1, 0.15) is 0 Å². The second-order valence-electron chi connectivity index (χ2n) is 8.59. The molecule has 0 aromatic heterocycles. The molecule has 1 atom stereocenters. The normalized spacial score (nSPS) is 17.3. The van der Waals surface area contributed by atoms with Crippen LogP contribution < -0.4 is 10.6 Å². The van der Waals surface area contributed by atoms with Crippen LogP contribution in [0.3, 0.4) is 0 Å². The van der Waals surface area contributed by atoms with Crippen molar-refractivity contribution in [2.75, 3.05) is 26.7 Å². The summed E-state index contributed by atoms with van der Waals surface area (Å²) >= 11 is 0. The maximum atomic E-state index is 12.3. The predicted octanol–water partition coefficient (Wildman–Crippen LogP) is 2.46. The molecule has 1 fully saturated rings. The van der Waals surface area contributed by atoms with E-state index >= 15 is 0 Å². The number of likely N-dealkylation sites (N-methyl/N-ethyl adjacent to an activating group) is 1. The summed E-state index contributed by atoms with van der Waals surface area (Å²) in [5.74, 6) is 0.496. The van der Waals surface area contributed by atoms with Gasteiger partial charge in [-0.3, -0.25) is 14.9 Å².